The molecule has 0 spiro atoms. The van der Waals surface area contributed by atoms with E-state index in [4.69, 9.17) is 0 Å². The lowest BCUT2D eigenvalue weighted by Crippen LogP contribution is -2.75. The van der Waals surface area contributed by atoms with Gasteiger partial charge in [0, 0.05) is 38.0 Å². The zero-order valence-corrected chi connectivity index (χ0v) is 39.3. The topological polar surface area (TPSA) is 14.8 Å². The molecule has 11 aromatic carbocycles. The first-order valence-corrected chi connectivity index (χ1v) is 26.2. The van der Waals surface area contributed by atoms with Gasteiger partial charge in [-0.1, -0.05) is 224 Å². The smallest absolute Gasteiger partial charge is 0.181 e. The Morgan fingerprint density at radius 3 is 1.27 bits per heavy atom. The molecule has 4 heteroatoms. The van der Waals surface area contributed by atoms with E-state index in [1.54, 1.807) is 0 Å². The van der Waals surface area contributed by atoms with Crippen molar-refractivity contribution >= 4 is 94.2 Å². The second kappa shape index (κ2) is 16.1. The highest BCUT2D eigenvalue weighted by Crippen LogP contribution is 2.43. The van der Waals surface area contributed by atoms with Crippen molar-refractivity contribution in [2.24, 2.45) is 0 Å². The largest absolute Gasteiger partial charge is 0.309 e. The third kappa shape index (κ3) is 5.87. The van der Waals surface area contributed by atoms with E-state index >= 15 is 0 Å². The van der Waals surface area contributed by atoms with Crippen LogP contribution in [-0.2, 0) is 0 Å². The van der Waals surface area contributed by atoms with Crippen LogP contribution >= 0.6 is 0 Å². The normalized spacial score (nSPS) is 12.0. The van der Waals surface area contributed by atoms with Crippen molar-refractivity contribution in [3.05, 3.63) is 273 Å². The molecule has 3 aromatic heterocycles. The summed E-state index contributed by atoms with van der Waals surface area (Å²) >= 11 is 0. The van der Waals surface area contributed by atoms with E-state index in [0.29, 0.717) is 0 Å². The van der Waals surface area contributed by atoms with E-state index in [1.165, 1.54) is 91.9 Å². The predicted molar refractivity (Wildman–Crippen MR) is 299 cm³/mol. The van der Waals surface area contributed by atoms with E-state index in [1.807, 2.05) is 0 Å². The Hall–Kier alpha value is -8.96. The van der Waals surface area contributed by atoms with Gasteiger partial charge >= 0.3 is 0 Å². The molecule has 0 saturated carbocycles. The highest BCUT2D eigenvalue weighted by molar-refractivity contribution is 7.20. The third-order valence-corrected chi connectivity index (χ3v) is 19.6. The average molecular weight is 908 g/mol. The summed E-state index contributed by atoms with van der Waals surface area (Å²) in [5.74, 6) is 0. The van der Waals surface area contributed by atoms with Crippen LogP contribution in [0.1, 0.15) is 0 Å². The highest BCUT2D eigenvalue weighted by atomic mass is 28.3. The predicted octanol–water partition coefficient (Wildman–Crippen LogP) is 14.0. The Morgan fingerprint density at radius 1 is 0.271 bits per heavy atom. The number of fused-ring (bicyclic) bond motifs is 9. The number of rotatable bonds is 8. The zero-order valence-electron chi connectivity index (χ0n) is 38.3. The molecule has 0 atom stereocenters. The van der Waals surface area contributed by atoms with Gasteiger partial charge in [0.05, 0.1) is 44.5 Å². The van der Waals surface area contributed by atoms with Gasteiger partial charge in [-0.15, -0.1) is 0 Å². The van der Waals surface area contributed by atoms with Crippen LogP contribution < -0.4 is 20.7 Å². The van der Waals surface area contributed by atoms with E-state index in [0.717, 1.165) is 22.4 Å². The van der Waals surface area contributed by atoms with E-state index < -0.39 is 8.07 Å². The molecule has 0 aliphatic heterocycles. The van der Waals surface area contributed by atoms with Gasteiger partial charge in [-0.25, -0.2) is 0 Å². The lowest BCUT2D eigenvalue weighted by atomic mass is 10.1. The van der Waals surface area contributed by atoms with Crippen LogP contribution in [0.25, 0.3) is 93.6 Å². The number of benzene rings is 11. The molecule has 0 N–H and O–H groups in total. The fourth-order valence-electron chi connectivity index (χ4n) is 11.9. The van der Waals surface area contributed by atoms with E-state index in [2.05, 4.69) is 287 Å². The second-order valence-corrected chi connectivity index (χ2v) is 22.1. The summed E-state index contributed by atoms with van der Waals surface area (Å²) in [7, 11) is -3.14. The molecule has 3 nitrogen and oxygen atoms in total. The monoisotopic (exact) mass is 907 g/mol. The minimum absolute atomic E-state index is 1.12. The molecule has 0 aliphatic rings. The minimum Gasteiger partial charge on any atom is -0.309 e. The van der Waals surface area contributed by atoms with Crippen molar-refractivity contribution < 1.29 is 0 Å². The molecule has 14 aromatic rings. The van der Waals surface area contributed by atoms with Crippen LogP contribution in [0.15, 0.2) is 273 Å². The number of hydrogen-bond donors (Lipinski definition) is 0. The average Bonchev–Trinajstić information content (AvgIpc) is 4.09. The van der Waals surface area contributed by atoms with Gasteiger partial charge in [0.2, 0.25) is 0 Å². The van der Waals surface area contributed by atoms with Crippen molar-refractivity contribution in [2.75, 3.05) is 0 Å². The fraction of sp³-hybridized carbons (Fsp3) is 0. The number of aromatic nitrogens is 3. The molecule has 0 fully saturated rings. The first-order valence-electron chi connectivity index (χ1n) is 24.2. The summed E-state index contributed by atoms with van der Waals surface area (Å²) in [6.07, 6.45) is 0. The summed E-state index contributed by atoms with van der Waals surface area (Å²) in [4.78, 5) is 0. The Morgan fingerprint density at radius 2 is 0.700 bits per heavy atom. The molecule has 14 rings (SSSR count). The van der Waals surface area contributed by atoms with Crippen LogP contribution in [0.4, 0.5) is 0 Å². The highest BCUT2D eigenvalue weighted by Gasteiger charge is 2.44. The molecule has 0 saturated heterocycles. The standard InChI is InChI=1S/C66H45N3Si/c1-5-23-46(24-6-1)47-25-21-26-48(45-47)67-57-38-17-15-35-54(57)55-37-22-42-62(65(55)67)68-60-41-20-16-36-56(60)64-61(68)43-44-63(66(64)69-58-39-18-13-33-52(58)53-34-14-19-40-59(53)69)70(49-27-7-2-8-28-49,50-29-9-3-10-30-50)51-31-11-4-12-32-51/h1-45H. The minimum atomic E-state index is -3.14. The zero-order chi connectivity index (χ0) is 46.2. The second-order valence-electron chi connectivity index (χ2n) is 18.4. The molecule has 70 heavy (non-hydrogen) atoms. The summed E-state index contributed by atoms with van der Waals surface area (Å²) in [5.41, 5.74) is 12.9. The molecule has 0 bridgehead atoms. The lowest BCUT2D eigenvalue weighted by Gasteiger charge is -2.36. The summed E-state index contributed by atoms with van der Waals surface area (Å²) in [6.45, 7) is 0. The SMILES string of the molecule is c1ccc(-c2cccc(-n3c4ccccc4c4cccc(-n5c6ccccc6c6c(-n7c8ccccc8c8ccccc87)c([Si](c7ccccc7)(c7ccccc7)c7ccccc7)ccc65)c43)c2)cc1. The molecule has 0 radical (unpaired) electrons. The number of hydrogen-bond acceptors (Lipinski definition) is 0. The maximum absolute atomic E-state index is 3.14. The van der Waals surface area contributed by atoms with Crippen LogP contribution in [0.2, 0.25) is 0 Å². The molecule has 3 heterocycles. The van der Waals surface area contributed by atoms with Gasteiger partial charge in [0.25, 0.3) is 0 Å². The van der Waals surface area contributed by atoms with Crippen molar-refractivity contribution in [3.8, 4) is 28.2 Å². The molecular formula is C66H45N3Si. The number of para-hydroxylation sites is 5. The van der Waals surface area contributed by atoms with Crippen molar-refractivity contribution in [3.63, 3.8) is 0 Å². The maximum atomic E-state index is 2.61. The quantitative estimate of drug-likeness (QED) is 0.107. The van der Waals surface area contributed by atoms with Crippen molar-refractivity contribution in [1.29, 1.82) is 0 Å². The van der Waals surface area contributed by atoms with Gasteiger partial charge in [0.1, 0.15) is 0 Å². The van der Waals surface area contributed by atoms with Crippen LogP contribution in [0, 0.1) is 0 Å². The van der Waals surface area contributed by atoms with Gasteiger partial charge < -0.3 is 13.7 Å². The van der Waals surface area contributed by atoms with Gasteiger partial charge in [0.15, 0.2) is 8.07 Å². The first-order chi connectivity index (χ1) is 34.8. The molecular weight excluding hydrogens is 863 g/mol. The Balaban J connectivity index is 1.18. The lowest BCUT2D eigenvalue weighted by molar-refractivity contribution is 1.13. The van der Waals surface area contributed by atoms with E-state index in [-0.39, 0.29) is 0 Å². The van der Waals surface area contributed by atoms with Crippen molar-refractivity contribution in [2.45, 2.75) is 0 Å². The van der Waals surface area contributed by atoms with Crippen LogP contribution in [0.5, 0.6) is 0 Å². The van der Waals surface area contributed by atoms with Gasteiger partial charge in [-0.2, -0.15) is 0 Å². The Kier molecular flexibility index (Phi) is 9.23. The van der Waals surface area contributed by atoms with Gasteiger partial charge in [-0.05, 0) is 80.4 Å². The Bertz CT molecular complexity index is 4130. The summed E-state index contributed by atoms with van der Waals surface area (Å²) in [6, 6.07) is 102. The van der Waals surface area contributed by atoms with Gasteiger partial charge in [-0.3, -0.25) is 0 Å². The summed E-state index contributed by atoms with van der Waals surface area (Å²) < 4.78 is 7.66. The number of nitrogens with zero attached hydrogens (tertiary/aromatic N) is 3. The van der Waals surface area contributed by atoms with E-state index in [9.17, 15) is 0 Å². The maximum Gasteiger partial charge on any atom is 0.181 e. The molecule has 0 amide bonds. The fourth-order valence-corrected chi connectivity index (χ4v) is 16.9. The Labute approximate surface area is 407 Å². The third-order valence-electron chi connectivity index (χ3n) is 14.8. The van der Waals surface area contributed by atoms with Crippen LogP contribution in [-0.4, -0.2) is 21.8 Å². The first kappa shape index (κ1) is 40.1. The molecule has 328 valence electrons. The summed E-state index contributed by atoms with van der Waals surface area (Å²) in [5, 5.41) is 12.7. The molecule has 0 unspecified atom stereocenters. The van der Waals surface area contributed by atoms with Crippen molar-refractivity contribution in [1.82, 2.24) is 13.7 Å². The molecule has 0 aliphatic carbocycles. The van der Waals surface area contributed by atoms with Crippen LogP contribution in [0.3, 0.4) is 0 Å².